The van der Waals surface area contributed by atoms with Crippen LogP contribution >= 0.6 is 11.6 Å². The predicted octanol–water partition coefficient (Wildman–Crippen LogP) is 2.67. The monoisotopic (exact) mass is 276 g/mol. The summed E-state index contributed by atoms with van der Waals surface area (Å²) in [4.78, 5) is 15.9. The summed E-state index contributed by atoms with van der Waals surface area (Å²) >= 11 is 5.80. The molecule has 0 spiro atoms. The number of benzene rings is 1. The second-order valence-corrected chi connectivity index (χ2v) is 4.33. The number of halogens is 1. The number of nitrogens with one attached hydrogen (secondary N) is 1. The number of hydrogen-bond acceptors (Lipinski definition) is 3. The van der Waals surface area contributed by atoms with Crippen molar-refractivity contribution in [1.82, 2.24) is 10.3 Å². The fraction of sp³-hybridized carbons (Fsp3) is 0.143. The summed E-state index contributed by atoms with van der Waals surface area (Å²) in [6.45, 7) is 0.445. The van der Waals surface area contributed by atoms with Crippen molar-refractivity contribution in [1.29, 1.82) is 0 Å². The molecule has 1 aromatic carbocycles. The molecule has 0 unspecified atom stereocenters. The average molecular weight is 277 g/mol. The molecule has 19 heavy (non-hydrogen) atoms. The van der Waals surface area contributed by atoms with E-state index in [1.807, 2.05) is 12.1 Å². The van der Waals surface area contributed by atoms with Gasteiger partial charge in [-0.05, 0) is 23.8 Å². The van der Waals surface area contributed by atoms with Crippen molar-refractivity contribution in [3.63, 3.8) is 0 Å². The Kier molecular flexibility index (Phi) is 4.36. The first-order valence-corrected chi connectivity index (χ1v) is 6.09. The van der Waals surface area contributed by atoms with Crippen LogP contribution in [0.25, 0.3) is 0 Å². The van der Waals surface area contributed by atoms with Gasteiger partial charge < -0.3 is 10.1 Å². The van der Waals surface area contributed by atoms with Gasteiger partial charge in [-0.25, -0.2) is 4.98 Å². The first-order valence-electron chi connectivity index (χ1n) is 5.72. The summed E-state index contributed by atoms with van der Waals surface area (Å²) in [5.41, 5.74) is 1.50. The molecule has 1 aromatic heterocycles. The zero-order chi connectivity index (χ0) is 13.7. The molecule has 2 rings (SSSR count). The molecule has 1 heterocycles. The van der Waals surface area contributed by atoms with Gasteiger partial charge in [-0.3, -0.25) is 4.79 Å². The summed E-state index contributed by atoms with van der Waals surface area (Å²) in [6, 6.07) is 10.6. The largest absolute Gasteiger partial charge is 0.481 e. The zero-order valence-corrected chi connectivity index (χ0v) is 11.1. The van der Waals surface area contributed by atoms with Gasteiger partial charge in [0, 0.05) is 29.4 Å². The number of hydrogen-bond donors (Lipinski definition) is 1. The first kappa shape index (κ1) is 13.4. The van der Waals surface area contributed by atoms with E-state index < -0.39 is 0 Å². The topological polar surface area (TPSA) is 51.2 Å². The molecule has 1 N–H and O–H groups in total. The number of nitrogens with zero attached hydrogens (tertiary/aromatic N) is 1. The Bertz CT molecular complexity index is 570. The van der Waals surface area contributed by atoms with Crippen molar-refractivity contribution in [2.45, 2.75) is 6.54 Å². The third-order valence-corrected chi connectivity index (χ3v) is 2.82. The lowest BCUT2D eigenvalue weighted by Crippen LogP contribution is -2.22. The van der Waals surface area contributed by atoms with Crippen LogP contribution in [-0.4, -0.2) is 18.0 Å². The van der Waals surface area contributed by atoms with Crippen LogP contribution in [0, 0.1) is 0 Å². The number of carbonyl (C=O) groups excluding carboxylic acids is 1. The number of methoxy groups -OCH3 is 1. The molecule has 4 nitrogen and oxygen atoms in total. The van der Waals surface area contributed by atoms with Crippen LogP contribution in [0.5, 0.6) is 5.88 Å². The SMILES string of the molecule is COc1cc(C(=O)NCc2ccc(Cl)cc2)ccn1. The third-order valence-electron chi connectivity index (χ3n) is 2.57. The van der Waals surface area contributed by atoms with E-state index in [1.165, 1.54) is 13.3 Å². The Morgan fingerprint density at radius 1 is 1.32 bits per heavy atom. The van der Waals surface area contributed by atoms with Crippen LogP contribution in [-0.2, 0) is 6.54 Å². The fourth-order valence-corrected chi connectivity index (χ4v) is 1.67. The van der Waals surface area contributed by atoms with E-state index in [0.717, 1.165) is 5.56 Å². The van der Waals surface area contributed by atoms with Gasteiger partial charge in [0.05, 0.1) is 7.11 Å². The van der Waals surface area contributed by atoms with Gasteiger partial charge in [-0.15, -0.1) is 0 Å². The van der Waals surface area contributed by atoms with E-state index in [9.17, 15) is 4.79 Å². The Balaban J connectivity index is 1.99. The van der Waals surface area contributed by atoms with Gasteiger partial charge in [-0.2, -0.15) is 0 Å². The average Bonchev–Trinajstić information content (AvgIpc) is 2.46. The van der Waals surface area contributed by atoms with Gasteiger partial charge in [0.1, 0.15) is 0 Å². The maximum absolute atomic E-state index is 11.9. The molecule has 2 aromatic rings. The van der Waals surface area contributed by atoms with Crippen LogP contribution in [0.3, 0.4) is 0 Å². The summed E-state index contributed by atoms with van der Waals surface area (Å²) in [5, 5.41) is 3.50. The van der Waals surface area contributed by atoms with Gasteiger partial charge in [0.2, 0.25) is 5.88 Å². The molecular formula is C14H13ClN2O2. The maximum Gasteiger partial charge on any atom is 0.251 e. The van der Waals surface area contributed by atoms with Crippen LogP contribution < -0.4 is 10.1 Å². The highest BCUT2D eigenvalue weighted by Gasteiger charge is 2.06. The van der Waals surface area contributed by atoms with Crippen LogP contribution in [0.1, 0.15) is 15.9 Å². The molecular weight excluding hydrogens is 264 g/mol. The molecule has 1 amide bonds. The first-order chi connectivity index (χ1) is 9.19. The van der Waals surface area contributed by atoms with E-state index >= 15 is 0 Å². The van der Waals surface area contributed by atoms with Gasteiger partial charge in [0.25, 0.3) is 5.91 Å². The predicted molar refractivity (Wildman–Crippen MR) is 73.4 cm³/mol. The minimum Gasteiger partial charge on any atom is -0.481 e. The minimum absolute atomic E-state index is 0.171. The molecule has 0 aliphatic rings. The molecule has 0 saturated heterocycles. The van der Waals surface area contributed by atoms with Crippen molar-refractivity contribution >= 4 is 17.5 Å². The fourth-order valence-electron chi connectivity index (χ4n) is 1.55. The van der Waals surface area contributed by atoms with E-state index in [4.69, 9.17) is 16.3 Å². The van der Waals surface area contributed by atoms with Crippen molar-refractivity contribution in [3.8, 4) is 5.88 Å². The number of ether oxygens (including phenoxy) is 1. The quantitative estimate of drug-likeness (QED) is 0.934. The Labute approximate surface area is 116 Å². The number of pyridine rings is 1. The summed E-state index contributed by atoms with van der Waals surface area (Å²) in [6.07, 6.45) is 1.54. The molecule has 0 fully saturated rings. The molecule has 0 aliphatic carbocycles. The standard InChI is InChI=1S/C14H13ClN2O2/c1-19-13-8-11(6-7-16-13)14(18)17-9-10-2-4-12(15)5-3-10/h2-8H,9H2,1H3,(H,17,18). The normalized spacial score (nSPS) is 10.0. The summed E-state index contributed by atoms with van der Waals surface area (Å²) in [5.74, 6) is 0.245. The van der Waals surface area contributed by atoms with Crippen molar-refractivity contribution in [2.24, 2.45) is 0 Å². The van der Waals surface area contributed by atoms with E-state index in [-0.39, 0.29) is 5.91 Å². The van der Waals surface area contributed by atoms with Crippen molar-refractivity contribution in [3.05, 3.63) is 58.7 Å². The second kappa shape index (κ2) is 6.20. The molecule has 0 radical (unpaired) electrons. The molecule has 0 bridgehead atoms. The van der Waals surface area contributed by atoms with E-state index in [0.29, 0.717) is 23.0 Å². The molecule has 0 atom stereocenters. The van der Waals surface area contributed by atoms with Crippen molar-refractivity contribution < 1.29 is 9.53 Å². The van der Waals surface area contributed by atoms with Crippen LogP contribution in [0.2, 0.25) is 5.02 Å². The number of aromatic nitrogens is 1. The Morgan fingerprint density at radius 2 is 2.05 bits per heavy atom. The van der Waals surface area contributed by atoms with Crippen LogP contribution in [0.4, 0.5) is 0 Å². The second-order valence-electron chi connectivity index (χ2n) is 3.90. The maximum atomic E-state index is 11.9. The van der Waals surface area contributed by atoms with E-state index in [2.05, 4.69) is 10.3 Å². The highest BCUT2D eigenvalue weighted by atomic mass is 35.5. The lowest BCUT2D eigenvalue weighted by atomic mass is 10.2. The number of carbonyl (C=O) groups is 1. The molecule has 5 heteroatoms. The smallest absolute Gasteiger partial charge is 0.251 e. The molecule has 98 valence electrons. The highest BCUT2D eigenvalue weighted by molar-refractivity contribution is 6.30. The van der Waals surface area contributed by atoms with Gasteiger partial charge in [0.15, 0.2) is 0 Å². The van der Waals surface area contributed by atoms with Crippen molar-refractivity contribution in [2.75, 3.05) is 7.11 Å². The lowest BCUT2D eigenvalue weighted by Gasteiger charge is -2.06. The molecule has 0 aliphatic heterocycles. The molecule has 0 saturated carbocycles. The summed E-state index contributed by atoms with van der Waals surface area (Å²) in [7, 11) is 1.51. The summed E-state index contributed by atoms with van der Waals surface area (Å²) < 4.78 is 4.98. The Morgan fingerprint density at radius 3 is 2.74 bits per heavy atom. The zero-order valence-electron chi connectivity index (χ0n) is 10.4. The number of amides is 1. The minimum atomic E-state index is -0.171. The number of rotatable bonds is 4. The van der Waals surface area contributed by atoms with Crippen LogP contribution in [0.15, 0.2) is 42.6 Å². The lowest BCUT2D eigenvalue weighted by molar-refractivity contribution is 0.0950. The van der Waals surface area contributed by atoms with E-state index in [1.54, 1.807) is 24.3 Å². The highest BCUT2D eigenvalue weighted by Crippen LogP contribution is 2.11. The Hall–Kier alpha value is -2.07. The van der Waals surface area contributed by atoms with Gasteiger partial charge in [-0.1, -0.05) is 23.7 Å². The third kappa shape index (κ3) is 3.69. The van der Waals surface area contributed by atoms with Gasteiger partial charge >= 0.3 is 0 Å².